The minimum atomic E-state index is -3.78. The van der Waals surface area contributed by atoms with Gasteiger partial charge < -0.3 is 10.1 Å². The molecule has 0 aromatic heterocycles. The van der Waals surface area contributed by atoms with Gasteiger partial charge in [-0.15, -0.1) is 0 Å². The molecule has 0 radical (unpaired) electrons. The summed E-state index contributed by atoms with van der Waals surface area (Å²) >= 11 is 6.11. The van der Waals surface area contributed by atoms with E-state index in [1.165, 1.54) is 11.4 Å². The second kappa shape index (κ2) is 9.61. The zero-order chi connectivity index (χ0) is 20.9. The van der Waals surface area contributed by atoms with E-state index in [1.807, 2.05) is 0 Å². The van der Waals surface area contributed by atoms with Crippen LogP contribution in [-0.2, 0) is 14.8 Å². The fraction of sp³-hybridized carbons (Fsp3) is 0.381. The molecule has 156 valence electrons. The zero-order valence-corrected chi connectivity index (χ0v) is 17.9. The second-order valence-electron chi connectivity index (χ2n) is 7.05. The standard InChI is InChI=1S/C21H25ClN2O4S/c1-28-20-13-12-16(14-19(20)22)23-21(25)15-24(17-8-4-2-5-9-17)29(26,27)18-10-6-3-7-11-18/h3,6-7,10-14,17H,2,4-5,8-9,15H2,1H3,(H,23,25). The molecule has 8 heteroatoms. The van der Waals surface area contributed by atoms with Crippen molar-refractivity contribution in [1.29, 1.82) is 0 Å². The van der Waals surface area contributed by atoms with Crippen LogP contribution in [0.1, 0.15) is 32.1 Å². The van der Waals surface area contributed by atoms with Gasteiger partial charge in [0.2, 0.25) is 15.9 Å². The maximum Gasteiger partial charge on any atom is 0.243 e. The molecule has 0 atom stereocenters. The third kappa shape index (κ3) is 5.29. The van der Waals surface area contributed by atoms with E-state index in [-0.39, 0.29) is 17.5 Å². The normalized spacial score (nSPS) is 15.3. The summed E-state index contributed by atoms with van der Waals surface area (Å²) in [5.41, 5.74) is 0.488. The van der Waals surface area contributed by atoms with E-state index < -0.39 is 15.9 Å². The van der Waals surface area contributed by atoms with Gasteiger partial charge in [-0.1, -0.05) is 49.1 Å². The van der Waals surface area contributed by atoms with Gasteiger partial charge in [0.05, 0.1) is 23.6 Å². The van der Waals surface area contributed by atoms with Gasteiger partial charge in [0, 0.05) is 11.7 Å². The van der Waals surface area contributed by atoms with E-state index in [2.05, 4.69) is 5.32 Å². The topological polar surface area (TPSA) is 75.7 Å². The average molecular weight is 437 g/mol. The summed E-state index contributed by atoms with van der Waals surface area (Å²) in [4.78, 5) is 12.9. The predicted molar refractivity (Wildman–Crippen MR) is 114 cm³/mol. The van der Waals surface area contributed by atoms with Crippen LogP contribution in [0.15, 0.2) is 53.4 Å². The van der Waals surface area contributed by atoms with Crippen molar-refractivity contribution in [3.63, 3.8) is 0 Å². The Kier molecular flexibility index (Phi) is 7.16. The Labute approximate surface area is 176 Å². The van der Waals surface area contributed by atoms with E-state index in [4.69, 9.17) is 16.3 Å². The van der Waals surface area contributed by atoms with Crippen LogP contribution in [-0.4, -0.2) is 38.3 Å². The lowest BCUT2D eigenvalue weighted by Crippen LogP contribution is -2.45. The molecule has 29 heavy (non-hydrogen) atoms. The largest absolute Gasteiger partial charge is 0.495 e. The highest BCUT2D eigenvalue weighted by atomic mass is 35.5. The quantitative estimate of drug-likeness (QED) is 0.701. The van der Waals surface area contributed by atoms with Crippen LogP contribution < -0.4 is 10.1 Å². The Morgan fingerprint density at radius 3 is 2.45 bits per heavy atom. The highest BCUT2D eigenvalue weighted by Crippen LogP contribution is 2.29. The lowest BCUT2D eigenvalue weighted by molar-refractivity contribution is -0.116. The van der Waals surface area contributed by atoms with Crippen molar-refractivity contribution in [2.75, 3.05) is 19.0 Å². The summed E-state index contributed by atoms with van der Waals surface area (Å²) in [5, 5.41) is 3.11. The van der Waals surface area contributed by atoms with Gasteiger partial charge in [-0.3, -0.25) is 4.79 Å². The molecule has 2 aromatic rings. The molecular weight excluding hydrogens is 412 g/mol. The van der Waals surface area contributed by atoms with Gasteiger partial charge in [0.15, 0.2) is 0 Å². The number of rotatable bonds is 7. The number of anilines is 1. The molecule has 0 heterocycles. The van der Waals surface area contributed by atoms with Gasteiger partial charge in [-0.2, -0.15) is 4.31 Å². The summed E-state index contributed by atoms with van der Waals surface area (Å²) < 4.78 is 33.0. The second-order valence-corrected chi connectivity index (χ2v) is 9.35. The van der Waals surface area contributed by atoms with Crippen molar-refractivity contribution in [2.24, 2.45) is 0 Å². The number of halogens is 1. The summed E-state index contributed by atoms with van der Waals surface area (Å²) in [5.74, 6) is 0.0940. The molecule has 0 saturated heterocycles. The van der Waals surface area contributed by atoms with Gasteiger partial charge in [0.1, 0.15) is 5.75 Å². The minimum Gasteiger partial charge on any atom is -0.495 e. The number of ether oxygens (including phenoxy) is 1. The number of nitrogens with one attached hydrogen (secondary N) is 1. The Morgan fingerprint density at radius 2 is 1.83 bits per heavy atom. The summed E-state index contributed by atoms with van der Waals surface area (Å²) in [6, 6.07) is 13.0. The summed E-state index contributed by atoms with van der Waals surface area (Å²) in [6.07, 6.45) is 4.52. The molecule has 0 unspecified atom stereocenters. The predicted octanol–water partition coefficient (Wildman–Crippen LogP) is 4.31. The SMILES string of the molecule is COc1ccc(NC(=O)CN(C2CCCCC2)S(=O)(=O)c2ccccc2)cc1Cl. The third-order valence-electron chi connectivity index (χ3n) is 5.07. The third-order valence-corrected chi connectivity index (χ3v) is 7.27. The molecule has 6 nitrogen and oxygen atoms in total. The number of amides is 1. The molecule has 1 aliphatic rings. The maximum absolute atomic E-state index is 13.3. The first-order valence-corrected chi connectivity index (χ1v) is 11.4. The minimum absolute atomic E-state index is 0.181. The molecule has 0 spiro atoms. The first kappa shape index (κ1) is 21.6. The van der Waals surface area contributed by atoms with E-state index in [1.54, 1.807) is 48.5 Å². The van der Waals surface area contributed by atoms with Crippen molar-refractivity contribution < 1.29 is 17.9 Å². The molecule has 3 rings (SSSR count). The van der Waals surface area contributed by atoms with E-state index in [0.717, 1.165) is 32.1 Å². The van der Waals surface area contributed by atoms with Gasteiger partial charge >= 0.3 is 0 Å². The van der Waals surface area contributed by atoms with Crippen molar-refractivity contribution in [3.8, 4) is 5.75 Å². The molecular formula is C21H25ClN2O4S. The van der Waals surface area contributed by atoms with Crippen LogP contribution in [0.25, 0.3) is 0 Å². The highest BCUT2D eigenvalue weighted by Gasteiger charge is 2.33. The van der Waals surface area contributed by atoms with E-state index in [0.29, 0.717) is 16.5 Å². The smallest absolute Gasteiger partial charge is 0.243 e. The van der Waals surface area contributed by atoms with Crippen molar-refractivity contribution in [1.82, 2.24) is 4.31 Å². The molecule has 1 amide bonds. The number of carbonyl (C=O) groups is 1. The van der Waals surface area contributed by atoms with Gasteiger partial charge in [-0.25, -0.2) is 8.42 Å². The van der Waals surface area contributed by atoms with E-state index in [9.17, 15) is 13.2 Å². The van der Waals surface area contributed by atoms with Crippen molar-refractivity contribution in [3.05, 3.63) is 53.6 Å². The van der Waals surface area contributed by atoms with Crippen LogP contribution >= 0.6 is 11.6 Å². The highest BCUT2D eigenvalue weighted by molar-refractivity contribution is 7.89. The van der Waals surface area contributed by atoms with Crippen LogP contribution in [0.3, 0.4) is 0 Å². The van der Waals surface area contributed by atoms with Gasteiger partial charge in [-0.05, 0) is 43.2 Å². The first-order chi connectivity index (χ1) is 13.9. The van der Waals surface area contributed by atoms with Crippen molar-refractivity contribution in [2.45, 2.75) is 43.0 Å². The van der Waals surface area contributed by atoms with Crippen LogP contribution in [0, 0.1) is 0 Å². The van der Waals surface area contributed by atoms with Gasteiger partial charge in [0.25, 0.3) is 0 Å². The lowest BCUT2D eigenvalue weighted by Gasteiger charge is -2.33. The number of hydrogen-bond acceptors (Lipinski definition) is 4. The number of sulfonamides is 1. The number of carbonyl (C=O) groups excluding carboxylic acids is 1. The Bertz CT molecular complexity index is 944. The Balaban J connectivity index is 1.81. The summed E-state index contributed by atoms with van der Waals surface area (Å²) in [6.45, 7) is -0.245. The monoisotopic (exact) mass is 436 g/mol. The zero-order valence-electron chi connectivity index (χ0n) is 16.3. The number of methoxy groups -OCH3 is 1. The Morgan fingerprint density at radius 1 is 1.14 bits per heavy atom. The molecule has 0 aliphatic heterocycles. The maximum atomic E-state index is 13.3. The molecule has 1 aliphatic carbocycles. The van der Waals surface area contributed by atoms with E-state index >= 15 is 0 Å². The fourth-order valence-electron chi connectivity index (χ4n) is 3.59. The van der Waals surface area contributed by atoms with Crippen molar-refractivity contribution >= 4 is 33.2 Å². The molecule has 0 bridgehead atoms. The number of hydrogen-bond donors (Lipinski definition) is 1. The molecule has 1 fully saturated rings. The fourth-order valence-corrected chi connectivity index (χ4v) is 5.51. The average Bonchev–Trinajstić information content (AvgIpc) is 2.73. The summed E-state index contributed by atoms with van der Waals surface area (Å²) in [7, 11) is -2.27. The van der Waals surface area contributed by atoms with Crippen LogP contribution in [0.2, 0.25) is 5.02 Å². The number of benzene rings is 2. The van der Waals surface area contributed by atoms with Crippen LogP contribution in [0.4, 0.5) is 5.69 Å². The number of nitrogens with zero attached hydrogens (tertiary/aromatic N) is 1. The van der Waals surface area contributed by atoms with Crippen LogP contribution in [0.5, 0.6) is 5.75 Å². The molecule has 1 saturated carbocycles. The molecule has 1 N–H and O–H groups in total. The lowest BCUT2D eigenvalue weighted by atomic mass is 9.95. The Hall–Kier alpha value is -2.09. The first-order valence-electron chi connectivity index (χ1n) is 9.62. The molecule has 2 aromatic carbocycles.